The predicted molar refractivity (Wildman–Crippen MR) is 93.0 cm³/mol. The lowest BCUT2D eigenvalue weighted by Gasteiger charge is -1.95. The molecule has 0 radical (unpaired) electrons. The summed E-state index contributed by atoms with van der Waals surface area (Å²) in [6.07, 6.45) is 1.01. The van der Waals surface area contributed by atoms with Gasteiger partial charge in [0.1, 0.15) is 0 Å². The number of rotatable bonds is 10. The normalized spacial score (nSPS) is 8.59. The summed E-state index contributed by atoms with van der Waals surface area (Å²) >= 11 is 5.32. The van der Waals surface area contributed by atoms with Crippen LogP contribution in [0, 0.1) is 0 Å². The number of hydrogen-bond donors (Lipinski definition) is 1. The lowest BCUT2D eigenvalue weighted by atomic mass is 10.5. The summed E-state index contributed by atoms with van der Waals surface area (Å²) in [4.78, 5) is 5.09. The van der Waals surface area contributed by atoms with Crippen molar-refractivity contribution in [1.29, 1.82) is 0 Å². The Morgan fingerprint density at radius 2 is 1.45 bits per heavy atom. The Morgan fingerprint density at radius 3 is 1.77 bits per heavy atom. The van der Waals surface area contributed by atoms with Gasteiger partial charge in [0.2, 0.25) is 0 Å². The molecule has 0 aromatic heterocycles. The van der Waals surface area contributed by atoms with E-state index in [-0.39, 0.29) is 6.61 Å². The van der Waals surface area contributed by atoms with E-state index in [1.54, 1.807) is 0 Å². The van der Waals surface area contributed by atoms with Crippen LogP contribution in [0.1, 0.15) is 13.3 Å². The molecule has 0 saturated heterocycles. The van der Waals surface area contributed by atoms with Gasteiger partial charge in [-0.25, -0.2) is 4.21 Å². The summed E-state index contributed by atoms with van der Waals surface area (Å²) in [6.45, 7) is 4.79. The highest BCUT2D eigenvalue weighted by molar-refractivity contribution is 9.78. The van der Waals surface area contributed by atoms with E-state index in [1.807, 2.05) is 6.92 Å². The molecular weight excluding hydrogens is 448 g/mol. The Kier molecular flexibility index (Phi) is 34.6. The summed E-state index contributed by atoms with van der Waals surface area (Å²) in [5.74, 6) is 0. The predicted octanol–water partition coefficient (Wildman–Crippen LogP) is 3.38. The van der Waals surface area contributed by atoms with Gasteiger partial charge in [0, 0.05) is 59.1 Å². The molecule has 0 aromatic carbocycles. The first-order valence-electron chi connectivity index (χ1n) is 6.09. The van der Waals surface area contributed by atoms with Crippen LogP contribution in [0.25, 0.3) is 20.9 Å². The standard InChI is InChI=1S/C5H11N3O.C4H9N3O2.Br2OS/c1-2-4-9-5-3-7-8-6;5-7-6-1-3-9-4-2-8;1-4(2)3/h2-5H2,1H3;8H,1-4H2;. The average Bonchev–Trinajstić information content (AvgIpc) is 2.47. The van der Waals surface area contributed by atoms with Crippen LogP contribution in [0.3, 0.4) is 0 Å². The fraction of sp³-hybridized carbons (Fsp3) is 1.00. The van der Waals surface area contributed by atoms with E-state index < -0.39 is 7.67 Å². The van der Waals surface area contributed by atoms with Gasteiger partial charge in [0.15, 0.2) is 7.67 Å². The molecular formula is C9H20Br2N6O4S. The van der Waals surface area contributed by atoms with Crippen molar-refractivity contribution < 1.29 is 18.8 Å². The number of ether oxygens (including phenoxy) is 2. The van der Waals surface area contributed by atoms with E-state index >= 15 is 0 Å². The Labute approximate surface area is 146 Å². The van der Waals surface area contributed by atoms with Crippen LogP contribution in [0.5, 0.6) is 0 Å². The number of nitrogens with zero attached hydrogens (tertiary/aromatic N) is 6. The smallest absolute Gasteiger partial charge is 0.158 e. The van der Waals surface area contributed by atoms with Gasteiger partial charge in [-0.05, 0) is 17.5 Å². The molecule has 0 amide bonds. The molecule has 1 N–H and O–H groups in total. The zero-order valence-electron chi connectivity index (χ0n) is 12.2. The van der Waals surface area contributed by atoms with Gasteiger partial charge in [-0.2, -0.15) is 0 Å². The summed E-state index contributed by atoms with van der Waals surface area (Å²) in [5.41, 5.74) is 15.6. The van der Waals surface area contributed by atoms with Gasteiger partial charge in [-0.15, -0.1) is 0 Å². The fourth-order valence-electron chi connectivity index (χ4n) is 0.713. The second-order valence-electron chi connectivity index (χ2n) is 3.04. The monoisotopic (exact) mass is 466 g/mol. The van der Waals surface area contributed by atoms with Crippen LogP contribution in [0.15, 0.2) is 10.2 Å². The lowest BCUT2D eigenvalue weighted by molar-refractivity contribution is 0.0976. The van der Waals surface area contributed by atoms with Crippen LogP contribution >= 0.6 is 29.6 Å². The number of hydrogen-bond acceptors (Lipinski definition) is 6. The zero-order valence-corrected chi connectivity index (χ0v) is 16.2. The Bertz CT molecular complexity index is 310. The van der Waals surface area contributed by atoms with E-state index in [4.69, 9.17) is 25.6 Å². The van der Waals surface area contributed by atoms with Gasteiger partial charge >= 0.3 is 0 Å². The maximum absolute atomic E-state index is 9.39. The minimum Gasteiger partial charge on any atom is -0.394 e. The quantitative estimate of drug-likeness (QED) is 0.172. The molecule has 0 aliphatic heterocycles. The van der Waals surface area contributed by atoms with Gasteiger partial charge < -0.3 is 14.6 Å². The molecule has 0 bridgehead atoms. The first-order chi connectivity index (χ1) is 10.6. The van der Waals surface area contributed by atoms with Gasteiger partial charge in [0.25, 0.3) is 0 Å². The van der Waals surface area contributed by atoms with Crippen molar-refractivity contribution in [2.45, 2.75) is 13.3 Å². The summed E-state index contributed by atoms with van der Waals surface area (Å²) < 4.78 is 19.2. The molecule has 0 rings (SSSR count). The number of azide groups is 2. The van der Waals surface area contributed by atoms with Gasteiger partial charge in [0.05, 0.1) is 26.4 Å². The zero-order chi connectivity index (χ0) is 17.5. The minimum atomic E-state index is -0.986. The van der Waals surface area contributed by atoms with Gasteiger partial charge in [-0.3, -0.25) is 0 Å². The molecule has 0 heterocycles. The Balaban J connectivity index is -0.000000266. The van der Waals surface area contributed by atoms with Crippen molar-refractivity contribution in [3.63, 3.8) is 0 Å². The summed E-state index contributed by atoms with van der Waals surface area (Å²) in [5, 5.41) is 14.7. The molecule has 0 fully saturated rings. The van der Waals surface area contributed by atoms with Crippen molar-refractivity contribution in [3.8, 4) is 0 Å². The molecule has 0 aliphatic rings. The Hall–Kier alpha value is -0.390. The minimum absolute atomic E-state index is 0.0102. The third kappa shape index (κ3) is 50.4. The second-order valence-corrected chi connectivity index (χ2v) is 9.55. The average molecular weight is 468 g/mol. The molecule has 0 saturated carbocycles. The van der Waals surface area contributed by atoms with E-state index in [0.29, 0.717) is 32.9 Å². The number of aliphatic hydroxyl groups excluding tert-OH is 1. The highest BCUT2D eigenvalue weighted by Crippen LogP contribution is 1.98. The molecule has 130 valence electrons. The van der Waals surface area contributed by atoms with Crippen LogP contribution in [0.4, 0.5) is 0 Å². The van der Waals surface area contributed by atoms with Crippen molar-refractivity contribution in [3.05, 3.63) is 20.9 Å². The maximum atomic E-state index is 9.39. The topological polar surface area (TPSA) is 153 Å². The van der Waals surface area contributed by atoms with Crippen molar-refractivity contribution in [2.75, 3.05) is 46.1 Å². The van der Waals surface area contributed by atoms with E-state index in [2.05, 4.69) is 49.7 Å². The second kappa shape index (κ2) is 28.7. The van der Waals surface area contributed by atoms with Crippen molar-refractivity contribution in [1.82, 2.24) is 0 Å². The van der Waals surface area contributed by atoms with Crippen LogP contribution in [-0.4, -0.2) is 55.4 Å². The van der Waals surface area contributed by atoms with Crippen LogP contribution in [0.2, 0.25) is 0 Å². The number of aliphatic hydroxyl groups is 1. The van der Waals surface area contributed by atoms with E-state index in [0.717, 1.165) is 13.0 Å². The molecule has 10 nitrogen and oxygen atoms in total. The summed E-state index contributed by atoms with van der Waals surface area (Å²) in [6, 6.07) is 0. The highest BCUT2D eigenvalue weighted by Gasteiger charge is 1.82. The first kappa shape index (κ1) is 26.5. The molecule has 0 spiro atoms. The molecule has 0 aromatic rings. The first-order valence-corrected chi connectivity index (χ1v) is 10.9. The van der Waals surface area contributed by atoms with E-state index in [9.17, 15) is 4.21 Å². The molecule has 22 heavy (non-hydrogen) atoms. The van der Waals surface area contributed by atoms with Crippen molar-refractivity contribution in [2.24, 2.45) is 10.2 Å². The SMILES string of the molecule is CCCOCCN=[N+]=[N-].O=S(Br)Br.[N-]=[N+]=NCCOCCO. The molecule has 0 aliphatic carbocycles. The third-order valence-electron chi connectivity index (χ3n) is 1.38. The maximum Gasteiger partial charge on any atom is 0.158 e. The number of halogens is 2. The van der Waals surface area contributed by atoms with Crippen molar-refractivity contribution >= 4 is 37.3 Å². The molecule has 0 atom stereocenters. The third-order valence-corrected chi connectivity index (χ3v) is 1.38. The summed E-state index contributed by atoms with van der Waals surface area (Å²) in [7, 11) is -0.986. The van der Waals surface area contributed by atoms with E-state index in [1.165, 1.54) is 0 Å². The van der Waals surface area contributed by atoms with Crippen LogP contribution < -0.4 is 0 Å². The fourth-order valence-corrected chi connectivity index (χ4v) is 0.713. The Morgan fingerprint density at radius 1 is 1.05 bits per heavy atom. The molecule has 0 unspecified atom stereocenters. The van der Waals surface area contributed by atoms with Gasteiger partial charge in [-0.1, -0.05) is 17.2 Å². The lowest BCUT2D eigenvalue weighted by Crippen LogP contribution is -2.02. The highest BCUT2D eigenvalue weighted by atomic mass is 79.9. The largest absolute Gasteiger partial charge is 0.394 e. The molecule has 13 heteroatoms. The van der Waals surface area contributed by atoms with Crippen LogP contribution in [-0.2, 0) is 17.1 Å².